The van der Waals surface area contributed by atoms with Crippen LogP contribution in [-0.4, -0.2) is 40.1 Å². The molecule has 0 radical (unpaired) electrons. The van der Waals surface area contributed by atoms with Crippen LogP contribution in [0.1, 0.15) is 17.3 Å². The van der Waals surface area contributed by atoms with Gasteiger partial charge in [0.05, 0.1) is 40.5 Å². The highest BCUT2D eigenvalue weighted by Crippen LogP contribution is 2.32. The molecular weight excluding hydrogens is 523 g/mol. The predicted molar refractivity (Wildman–Crippen MR) is 139 cm³/mol. The van der Waals surface area contributed by atoms with E-state index in [9.17, 15) is 22.4 Å². The highest BCUT2D eigenvalue weighted by atomic mass is 35.5. The molecule has 0 aliphatic heterocycles. The molecule has 11 heteroatoms. The zero-order chi connectivity index (χ0) is 27.2. The summed E-state index contributed by atoms with van der Waals surface area (Å²) in [5, 5.41) is 2.42. The van der Waals surface area contributed by atoms with Crippen molar-refractivity contribution in [3.05, 3.63) is 95.8 Å². The fraction of sp³-hybridized carbons (Fsp3) is 0.154. The van der Waals surface area contributed by atoms with Gasteiger partial charge in [-0.1, -0.05) is 35.9 Å². The Balaban J connectivity index is 1.82. The number of nitrogens with one attached hydrogen (secondary N) is 1. The highest BCUT2D eigenvalue weighted by Gasteiger charge is 2.28. The van der Waals surface area contributed by atoms with Gasteiger partial charge in [0, 0.05) is 0 Å². The third kappa shape index (κ3) is 6.46. The molecule has 1 N–H and O–H groups in total. The Morgan fingerprint density at radius 1 is 1.14 bits per heavy atom. The minimum Gasteiger partial charge on any atom is -0.495 e. The van der Waals surface area contributed by atoms with Gasteiger partial charge in [-0.05, 0) is 55.5 Å². The maximum Gasteiger partial charge on any atom is 0.338 e. The molecule has 3 aromatic rings. The third-order valence-electron chi connectivity index (χ3n) is 5.15. The van der Waals surface area contributed by atoms with Crippen molar-refractivity contribution in [1.29, 1.82) is 0 Å². The number of carbonyl (C=O) groups excluding carboxylic acids is 2. The molecule has 0 fully saturated rings. The summed E-state index contributed by atoms with van der Waals surface area (Å²) in [5.74, 6) is -1.87. The minimum absolute atomic E-state index is 0.0242. The SMILES string of the molecule is C=CCN(c1ccccc1OC)S(=O)(=O)c1cccc(C(=O)O[C@@H](C)C(=O)Nc2ccc(F)cc2Cl)c1. The summed E-state index contributed by atoms with van der Waals surface area (Å²) in [6.07, 6.45) is 0.162. The number of ether oxygens (including phenoxy) is 2. The fourth-order valence-electron chi connectivity index (χ4n) is 3.30. The lowest BCUT2D eigenvalue weighted by Gasteiger charge is -2.25. The second-order valence-corrected chi connectivity index (χ2v) is 9.95. The van der Waals surface area contributed by atoms with Crippen LogP contribution in [-0.2, 0) is 19.6 Å². The van der Waals surface area contributed by atoms with E-state index in [0.717, 1.165) is 22.5 Å². The molecule has 194 valence electrons. The Morgan fingerprint density at radius 3 is 2.54 bits per heavy atom. The van der Waals surface area contributed by atoms with Gasteiger partial charge in [0.25, 0.3) is 15.9 Å². The van der Waals surface area contributed by atoms with Crippen molar-refractivity contribution in [2.75, 3.05) is 23.3 Å². The Hall–Kier alpha value is -3.89. The largest absolute Gasteiger partial charge is 0.495 e. The number of nitrogens with zero attached hydrogens (tertiary/aromatic N) is 1. The van der Waals surface area contributed by atoms with Crippen LogP contribution in [0.3, 0.4) is 0 Å². The summed E-state index contributed by atoms with van der Waals surface area (Å²) in [6, 6.07) is 15.3. The van der Waals surface area contributed by atoms with Gasteiger partial charge in [0.1, 0.15) is 11.6 Å². The van der Waals surface area contributed by atoms with Crippen LogP contribution in [0.2, 0.25) is 5.02 Å². The van der Waals surface area contributed by atoms with E-state index < -0.39 is 33.8 Å². The average molecular weight is 547 g/mol. The fourth-order valence-corrected chi connectivity index (χ4v) is 5.00. The Kier molecular flexibility index (Phi) is 8.90. The van der Waals surface area contributed by atoms with Crippen molar-refractivity contribution < 1.29 is 31.9 Å². The molecule has 0 spiro atoms. The van der Waals surface area contributed by atoms with Crippen LogP contribution in [0.15, 0.2) is 84.3 Å². The number of hydrogen-bond donors (Lipinski definition) is 1. The van der Waals surface area contributed by atoms with E-state index in [0.29, 0.717) is 11.4 Å². The van der Waals surface area contributed by atoms with Crippen molar-refractivity contribution in [2.24, 2.45) is 0 Å². The number of carbonyl (C=O) groups is 2. The summed E-state index contributed by atoms with van der Waals surface area (Å²) in [7, 11) is -2.72. The molecule has 0 aliphatic carbocycles. The lowest BCUT2D eigenvalue weighted by molar-refractivity contribution is -0.123. The number of methoxy groups -OCH3 is 1. The van der Waals surface area contributed by atoms with Gasteiger partial charge in [-0.15, -0.1) is 6.58 Å². The number of benzene rings is 3. The summed E-state index contributed by atoms with van der Waals surface area (Å²) >= 11 is 5.91. The average Bonchev–Trinajstić information content (AvgIpc) is 2.88. The van der Waals surface area contributed by atoms with E-state index in [2.05, 4.69) is 11.9 Å². The molecule has 0 unspecified atom stereocenters. The van der Waals surface area contributed by atoms with Crippen molar-refractivity contribution in [1.82, 2.24) is 0 Å². The number of rotatable bonds is 10. The molecule has 3 aromatic carbocycles. The molecule has 1 atom stereocenters. The molecule has 3 rings (SSSR count). The third-order valence-corrected chi connectivity index (χ3v) is 7.24. The van der Waals surface area contributed by atoms with Gasteiger partial charge in [-0.25, -0.2) is 17.6 Å². The topological polar surface area (TPSA) is 102 Å². The Morgan fingerprint density at radius 2 is 1.86 bits per heavy atom. The van der Waals surface area contributed by atoms with Crippen LogP contribution in [0, 0.1) is 5.82 Å². The number of halogens is 2. The first-order valence-electron chi connectivity index (χ1n) is 10.9. The molecule has 0 aliphatic rings. The van der Waals surface area contributed by atoms with E-state index in [4.69, 9.17) is 21.1 Å². The standard InChI is InChI=1S/C26H24ClFN2O6S/c1-4-14-30(23-10-5-6-11-24(23)35-3)37(33,34)20-9-7-8-18(15-20)26(32)36-17(2)25(31)29-22-13-12-19(28)16-21(22)27/h4-13,15-17H,1,14H2,2-3H3,(H,29,31)/t17-/m0/s1. The number of sulfonamides is 1. The second kappa shape index (κ2) is 11.9. The summed E-state index contributed by atoms with van der Waals surface area (Å²) in [4.78, 5) is 25.0. The first kappa shape index (κ1) is 27.7. The van der Waals surface area contributed by atoms with Crippen LogP contribution in [0.25, 0.3) is 0 Å². The first-order chi connectivity index (χ1) is 17.6. The normalized spacial score (nSPS) is 11.8. The lowest BCUT2D eigenvalue weighted by Crippen LogP contribution is -2.32. The molecule has 0 aromatic heterocycles. The molecule has 0 saturated carbocycles. The quantitative estimate of drug-likeness (QED) is 0.282. The molecule has 0 saturated heterocycles. The summed E-state index contributed by atoms with van der Waals surface area (Å²) in [5.41, 5.74) is 0.351. The van der Waals surface area contributed by atoms with E-state index in [-0.39, 0.29) is 27.7 Å². The van der Waals surface area contributed by atoms with Gasteiger partial charge in [0.15, 0.2) is 6.10 Å². The zero-order valence-corrected chi connectivity index (χ0v) is 21.6. The smallest absolute Gasteiger partial charge is 0.338 e. The van der Waals surface area contributed by atoms with Gasteiger partial charge in [-0.2, -0.15) is 0 Å². The first-order valence-corrected chi connectivity index (χ1v) is 12.7. The van der Waals surface area contributed by atoms with Crippen LogP contribution in [0.4, 0.5) is 15.8 Å². The molecule has 1 amide bonds. The summed E-state index contributed by atoms with van der Waals surface area (Å²) < 4.78 is 51.9. The maximum atomic E-state index is 13.5. The Bertz CT molecular complexity index is 1430. The summed E-state index contributed by atoms with van der Waals surface area (Å²) in [6.45, 7) is 4.91. The van der Waals surface area contributed by atoms with E-state index >= 15 is 0 Å². The van der Waals surface area contributed by atoms with Gasteiger partial charge in [-0.3, -0.25) is 9.10 Å². The number of anilines is 2. The monoisotopic (exact) mass is 546 g/mol. The van der Waals surface area contributed by atoms with Crippen LogP contribution in [0.5, 0.6) is 5.75 Å². The number of esters is 1. The molecule has 37 heavy (non-hydrogen) atoms. The maximum absolute atomic E-state index is 13.5. The van der Waals surface area contributed by atoms with Crippen molar-refractivity contribution >= 4 is 44.9 Å². The van der Waals surface area contributed by atoms with E-state index in [1.165, 1.54) is 44.4 Å². The van der Waals surface area contributed by atoms with Gasteiger partial charge < -0.3 is 14.8 Å². The number of para-hydroxylation sites is 2. The van der Waals surface area contributed by atoms with Crippen molar-refractivity contribution in [3.63, 3.8) is 0 Å². The van der Waals surface area contributed by atoms with Gasteiger partial charge in [0.2, 0.25) is 0 Å². The lowest BCUT2D eigenvalue weighted by atomic mass is 10.2. The van der Waals surface area contributed by atoms with Crippen molar-refractivity contribution in [2.45, 2.75) is 17.9 Å². The molecule has 8 nitrogen and oxygen atoms in total. The molecular formula is C26H24ClFN2O6S. The second-order valence-electron chi connectivity index (χ2n) is 7.69. The predicted octanol–water partition coefficient (Wildman–Crippen LogP) is 5.05. The van der Waals surface area contributed by atoms with Gasteiger partial charge >= 0.3 is 5.97 Å². The zero-order valence-electron chi connectivity index (χ0n) is 20.0. The number of hydrogen-bond acceptors (Lipinski definition) is 6. The van der Waals surface area contributed by atoms with Crippen molar-refractivity contribution in [3.8, 4) is 5.75 Å². The highest BCUT2D eigenvalue weighted by molar-refractivity contribution is 7.92. The Labute approximate surface area is 219 Å². The van der Waals surface area contributed by atoms with E-state index in [1.807, 2.05) is 0 Å². The molecule has 0 bridgehead atoms. The van der Waals surface area contributed by atoms with E-state index in [1.54, 1.807) is 24.3 Å². The minimum atomic E-state index is -4.15. The van der Waals surface area contributed by atoms with Crippen LogP contribution >= 0.6 is 11.6 Å². The van der Waals surface area contributed by atoms with Crippen LogP contribution < -0.4 is 14.4 Å². The molecule has 0 heterocycles. The number of amides is 1.